The first-order valence-electron chi connectivity index (χ1n) is 5.49. The number of amides is 1. The van der Waals surface area contributed by atoms with E-state index in [1.54, 1.807) is 19.2 Å². The second kappa shape index (κ2) is 6.20. The predicted molar refractivity (Wildman–Crippen MR) is 76.5 cm³/mol. The van der Waals surface area contributed by atoms with Gasteiger partial charge in [-0.3, -0.25) is 9.00 Å². The molecule has 6 heteroatoms. The maximum Gasteiger partial charge on any atom is 0.253 e. The molecule has 4 nitrogen and oxygen atoms in total. The molecule has 3 N–H and O–H groups in total. The third kappa shape index (κ3) is 3.71. The van der Waals surface area contributed by atoms with E-state index in [1.807, 2.05) is 6.92 Å². The molecular formula is C12H17ClN2O2S. The van der Waals surface area contributed by atoms with Crippen LogP contribution in [0.1, 0.15) is 22.8 Å². The van der Waals surface area contributed by atoms with Gasteiger partial charge >= 0.3 is 0 Å². The zero-order chi connectivity index (χ0) is 13.9. The van der Waals surface area contributed by atoms with Crippen LogP contribution in [0.2, 0.25) is 5.02 Å². The molecule has 0 aliphatic rings. The summed E-state index contributed by atoms with van der Waals surface area (Å²) in [5.74, 6) is -0.296. The Morgan fingerprint density at radius 2 is 2.17 bits per heavy atom. The van der Waals surface area contributed by atoms with E-state index >= 15 is 0 Å². The summed E-state index contributed by atoms with van der Waals surface area (Å²) in [7, 11) is -0.969. The fraction of sp³-hybridized carbons (Fsp3) is 0.417. The van der Waals surface area contributed by atoms with Crippen LogP contribution in [0.25, 0.3) is 0 Å². The third-order valence-electron chi connectivity index (χ3n) is 2.71. The number of hydrogen-bond acceptors (Lipinski definition) is 3. The molecule has 0 saturated carbocycles. The van der Waals surface area contributed by atoms with Crippen LogP contribution in [-0.2, 0) is 10.8 Å². The van der Waals surface area contributed by atoms with Crippen molar-refractivity contribution in [3.8, 4) is 0 Å². The first-order valence-corrected chi connectivity index (χ1v) is 7.49. The molecule has 1 rings (SSSR count). The third-order valence-corrected chi connectivity index (χ3v) is 4.23. The lowest BCUT2D eigenvalue weighted by atomic mass is 10.1. The summed E-state index contributed by atoms with van der Waals surface area (Å²) >= 11 is 5.90. The van der Waals surface area contributed by atoms with Crippen molar-refractivity contribution in [2.75, 3.05) is 18.5 Å². The van der Waals surface area contributed by atoms with Crippen molar-refractivity contribution in [1.29, 1.82) is 0 Å². The molecule has 0 aliphatic carbocycles. The Morgan fingerprint density at radius 3 is 2.72 bits per heavy atom. The quantitative estimate of drug-likeness (QED) is 0.829. The maximum absolute atomic E-state index is 11.9. The molecule has 0 aliphatic heterocycles. The van der Waals surface area contributed by atoms with Gasteiger partial charge in [-0.2, -0.15) is 0 Å². The molecule has 1 amide bonds. The Morgan fingerprint density at radius 1 is 1.56 bits per heavy atom. The number of hydrogen-bond donors (Lipinski definition) is 2. The van der Waals surface area contributed by atoms with Crippen molar-refractivity contribution < 1.29 is 9.00 Å². The lowest BCUT2D eigenvalue weighted by Crippen LogP contribution is -2.33. The Hall–Kier alpha value is -1.07. The fourth-order valence-electron chi connectivity index (χ4n) is 1.39. The normalized spacial score (nSPS) is 14.0. The average Bonchev–Trinajstić information content (AvgIpc) is 2.29. The minimum atomic E-state index is -0.969. The van der Waals surface area contributed by atoms with E-state index < -0.39 is 10.8 Å². The van der Waals surface area contributed by atoms with Gasteiger partial charge in [0.2, 0.25) is 0 Å². The highest BCUT2D eigenvalue weighted by Gasteiger charge is 2.14. The molecule has 18 heavy (non-hydrogen) atoms. The SMILES string of the molecule is Cc1cc(Cl)cc(C(=O)NCC(C)S(C)=O)c1N. The minimum Gasteiger partial charge on any atom is -0.398 e. The Bertz CT molecular complexity index is 491. The number of nitrogens with one attached hydrogen (secondary N) is 1. The number of nitrogens with two attached hydrogens (primary N) is 1. The molecule has 0 radical (unpaired) electrons. The lowest BCUT2D eigenvalue weighted by Gasteiger charge is -2.12. The number of benzene rings is 1. The van der Waals surface area contributed by atoms with E-state index in [2.05, 4.69) is 5.32 Å². The van der Waals surface area contributed by atoms with Gasteiger partial charge < -0.3 is 11.1 Å². The molecule has 1 aromatic carbocycles. The molecule has 0 saturated heterocycles. The average molecular weight is 289 g/mol. The number of anilines is 1. The van der Waals surface area contributed by atoms with Gasteiger partial charge in [0, 0.05) is 39.6 Å². The van der Waals surface area contributed by atoms with Crippen molar-refractivity contribution in [3.63, 3.8) is 0 Å². The van der Waals surface area contributed by atoms with Crippen molar-refractivity contribution in [3.05, 3.63) is 28.3 Å². The van der Waals surface area contributed by atoms with Crippen LogP contribution in [0.3, 0.4) is 0 Å². The predicted octanol–water partition coefficient (Wildman–Crippen LogP) is 1.73. The van der Waals surface area contributed by atoms with Crippen LogP contribution < -0.4 is 11.1 Å². The highest BCUT2D eigenvalue weighted by atomic mass is 35.5. The number of halogens is 1. The number of aryl methyl sites for hydroxylation is 1. The van der Waals surface area contributed by atoms with Gasteiger partial charge in [-0.1, -0.05) is 11.6 Å². The second-order valence-electron chi connectivity index (χ2n) is 4.20. The molecular weight excluding hydrogens is 272 g/mol. The highest BCUT2D eigenvalue weighted by Crippen LogP contribution is 2.22. The summed E-state index contributed by atoms with van der Waals surface area (Å²) in [6.07, 6.45) is 1.61. The summed E-state index contributed by atoms with van der Waals surface area (Å²) in [5, 5.41) is 3.07. The molecule has 0 aromatic heterocycles. The fourth-order valence-corrected chi connectivity index (χ4v) is 1.98. The zero-order valence-corrected chi connectivity index (χ0v) is 12.2. The van der Waals surface area contributed by atoms with Gasteiger partial charge in [0.1, 0.15) is 0 Å². The standard InChI is InChI=1S/C12H17ClN2O2S/c1-7-4-9(13)5-10(11(7)14)12(16)15-6-8(2)18(3)17/h4-5,8H,6,14H2,1-3H3,(H,15,16). The van der Waals surface area contributed by atoms with Gasteiger partial charge in [0.15, 0.2) is 0 Å². The van der Waals surface area contributed by atoms with Gasteiger partial charge in [-0.05, 0) is 31.5 Å². The summed E-state index contributed by atoms with van der Waals surface area (Å²) in [6.45, 7) is 3.94. The van der Waals surface area contributed by atoms with Gasteiger partial charge in [0.25, 0.3) is 5.91 Å². The van der Waals surface area contributed by atoms with Crippen LogP contribution >= 0.6 is 11.6 Å². The number of carbonyl (C=O) groups excluding carboxylic acids is 1. The lowest BCUT2D eigenvalue weighted by molar-refractivity contribution is 0.0955. The number of rotatable bonds is 4. The van der Waals surface area contributed by atoms with Gasteiger partial charge in [-0.15, -0.1) is 0 Å². The van der Waals surface area contributed by atoms with Crippen molar-refractivity contribution in [2.24, 2.45) is 0 Å². The zero-order valence-electron chi connectivity index (χ0n) is 10.6. The molecule has 0 heterocycles. The van der Waals surface area contributed by atoms with Crippen molar-refractivity contribution >= 4 is 34.0 Å². The first kappa shape index (κ1) is 15.0. The first-order chi connectivity index (χ1) is 8.32. The minimum absolute atomic E-state index is 0.101. The smallest absolute Gasteiger partial charge is 0.253 e. The molecule has 1 aromatic rings. The van der Waals surface area contributed by atoms with E-state index in [9.17, 15) is 9.00 Å². The van der Waals surface area contributed by atoms with Crippen molar-refractivity contribution in [2.45, 2.75) is 19.1 Å². The summed E-state index contributed by atoms with van der Waals surface area (Å²) in [5.41, 5.74) is 7.38. The number of carbonyl (C=O) groups is 1. The molecule has 100 valence electrons. The van der Waals surface area contributed by atoms with E-state index in [0.29, 0.717) is 22.8 Å². The monoisotopic (exact) mass is 288 g/mol. The Kier molecular flexibility index (Phi) is 5.16. The van der Waals surface area contributed by atoms with Gasteiger partial charge in [0.05, 0.1) is 5.56 Å². The van der Waals surface area contributed by atoms with Crippen LogP contribution in [0, 0.1) is 6.92 Å². The summed E-state index contributed by atoms with van der Waals surface area (Å²) < 4.78 is 11.2. The molecule has 0 fully saturated rings. The maximum atomic E-state index is 11.9. The van der Waals surface area contributed by atoms with Gasteiger partial charge in [-0.25, -0.2) is 0 Å². The van der Waals surface area contributed by atoms with Crippen LogP contribution in [0.15, 0.2) is 12.1 Å². The van der Waals surface area contributed by atoms with E-state index in [0.717, 1.165) is 5.56 Å². The molecule has 0 spiro atoms. The highest BCUT2D eigenvalue weighted by molar-refractivity contribution is 7.84. The van der Waals surface area contributed by atoms with E-state index in [1.165, 1.54) is 6.07 Å². The summed E-state index contributed by atoms with van der Waals surface area (Å²) in [4.78, 5) is 11.9. The van der Waals surface area contributed by atoms with E-state index in [4.69, 9.17) is 17.3 Å². The Labute approximate surface area is 114 Å². The van der Waals surface area contributed by atoms with E-state index in [-0.39, 0.29) is 11.2 Å². The largest absolute Gasteiger partial charge is 0.398 e. The van der Waals surface area contributed by atoms with Crippen LogP contribution in [0.5, 0.6) is 0 Å². The van der Waals surface area contributed by atoms with Crippen LogP contribution in [0.4, 0.5) is 5.69 Å². The Balaban J connectivity index is 2.82. The topological polar surface area (TPSA) is 72.2 Å². The summed E-state index contributed by atoms with van der Waals surface area (Å²) in [6, 6.07) is 3.24. The molecule has 0 bridgehead atoms. The number of nitrogen functional groups attached to an aromatic ring is 1. The van der Waals surface area contributed by atoms with Crippen molar-refractivity contribution in [1.82, 2.24) is 5.32 Å². The molecule has 2 atom stereocenters. The second-order valence-corrected chi connectivity index (χ2v) is 6.44. The van der Waals surface area contributed by atoms with Crippen LogP contribution in [-0.4, -0.2) is 28.2 Å². The molecule has 2 unspecified atom stereocenters.